The second kappa shape index (κ2) is 16.6. The summed E-state index contributed by atoms with van der Waals surface area (Å²) in [5, 5.41) is 42.5. The van der Waals surface area contributed by atoms with Gasteiger partial charge in [0.15, 0.2) is 0 Å². The van der Waals surface area contributed by atoms with Crippen LogP contribution in [0, 0.1) is 0 Å². The van der Waals surface area contributed by atoms with E-state index in [0.717, 1.165) is 11.0 Å². The Labute approximate surface area is 132 Å². The van der Waals surface area contributed by atoms with E-state index in [-0.39, 0.29) is 26.4 Å². The van der Waals surface area contributed by atoms with E-state index >= 15 is 0 Å². The fraction of sp³-hybridized carbons (Fsp3) is 0.923. The van der Waals surface area contributed by atoms with E-state index in [1.54, 1.807) is 0 Å². The van der Waals surface area contributed by atoms with Crippen LogP contribution < -0.4 is 10.8 Å². The molecule has 0 aliphatic heterocycles. The summed E-state index contributed by atoms with van der Waals surface area (Å²) in [6, 6.07) is 0. The smallest absolute Gasteiger partial charge is 0.102 e. The number of aliphatic carboxylic acids is 1. The maximum absolute atomic E-state index is 9.13. The van der Waals surface area contributed by atoms with Crippen molar-refractivity contribution in [2.45, 2.75) is 19.1 Å². The number of ether oxygens (including phenoxy) is 1. The zero-order valence-electron chi connectivity index (χ0n) is 13.9. The van der Waals surface area contributed by atoms with Crippen LogP contribution in [0.25, 0.3) is 0 Å². The van der Waals surface area contributed by atoms with Crippen molar-refractivity contribution in [1.82, 2.24) is 0 Å². The molecule has 0 aliphatic rings. The summed E-state index contributed by atoms with van der Waals surface area (Å²) in [6.45, 7) is 2.50. The summed E-state index contributed by atoms with van der Waals surface area (Å²) in [4.78, 5) is 9.13. The number of rotatable bonds is 8. The Morgan fingerprint density at radius 1 is 1.23 bits per heavy atom. The quantitative estimate of drug-likeness (QED) is 0.224. The SMILES string of the molecule is CC(O)CO.C[N+](C)(C)CCOCC(O)CO.NCC(=O)[O-]. The Hall–Kier alpha value is -0.810. The van der Waals surface area contributed by atoms with Gasteiger partial charge in [-0.2, -0.15) is 0 Å². The van der Waals surface area contributed by atoms with Crippen molar-refractivity contribution >= 4 is 5.97 Å². The lowest BCUT2D eigenvalue weighted by molar-refractivity contribution is -0.870. The minimum Gasteiger partial charge on any atom is -0.549 e. The number of carboxylic acid groups (broad SMARTS) is 1. The number of likely N-dealkylation sites (N-methyl/N-ethyl adjacent to an activating group) is 1. The van der Waals surface area contributed by atoms with Crippen LogP contribution in [0.1, 0.15) is 6.92 Å². The normalized spacial score (nSPS) is 13.1. The van der Waals surface area contributed by atoms with Crippen molar-refractivity contribution in [2.24, 2.45) is 5.73 Å². The summed E-state index contributed by atoms with van der Waals surface area (Å²) in [5.41, 5.74) is 4.51. The minimum absolute atomic E-state index is 0.139. The standard InChI is InChI=1S/C8H20NO3.C3H8O2.C2H5NO2/c1-9(2,3)4-5-12-7-8(11)6-10;1-3(5)2-4;3-1-2(4)5/h8,10-11H,4-7H2,1-3H3;3-5H,2H2,1H3;1,3H2,(H,4,5)/q+1;;/p-1. The third-order valence-electron chi connectivity index (χ3n) is 1.86. The number of hydrogen-bond acceptors (Lipinski definition) is 8. The third kappa shape index (κ3) is 36.5. The second-order valence-electron chi connectivity index (χ2n) is 5.53. The van der Waals surface area contributed by atoms with Gasteiger partial charge < -0.3 is 45.3 Å². The Bertz CT molecular complexity index is 245. The van der Waals surface area contributed by atoms with Gasteiger partial charge in [-0.15, -0.1) is 0 Å². The molecule has 0 spiro atoms. The highest BCUT2D eigenvalue weighted by Gasteiger charge is 2.07. The molecule has 136 valence electrons. The number of carbonyl (C=O) groups excluding carboxylic acids is 1. The van der Waals surface area contributed by atoms with Crippen molar-refractivity contribution in [1.29, 1.82) is 0 Å². The molecule has 0 heterocycles. The Morgan fingerprint density at radius 3 is 1.86 bits per heavy atom. The predicted molar refractivity (Wildman–Crippen MR) is 79.6 cm³/mol. The number of quaternary nitrogens is 1. The Balaban J connectivity index is -0.000000298. The molecule has 9 nitrogen and oxygen atoms in total. The molecule has 0 fully saturated rings. The zero-order chi connectivity index (χ0) is 18.2. The van der Waals surface area contributed by atoms with Gasteiger partial charge in [0.05, 0.1) is 59.6 Å². The molecule has 0 aromatic rings. The van der Waals surface area contributed by atoms with Crippen molar-refractivity contribution in [3.63, 3.8) is 0 Å². The van der Waals surface area contributed by atoms with Gasteiger partial charge in [-0.25, -0.2) is 0 Å². The van der Waals surface area contributed by atoms with Crippen LogP contribution in [0.4, 0.5) is 0 Å². The van der Waals surface area contributed by atoms with Gasteiger partial charge in [0, 0.05) is 6.54 Å². The first kappa shape index (κ1) is 26.1. The lowest BCUT2D eigenvalue weighted by atomic mass is 10.4. The van der Waals surface area contributed by atoms with Gasteiger partial charge in [-0.05, 0) is 6.92 Å². The van der Waals surface area contributed by atoms with Gasteiger partial charge in [0.25, 0.3) is 0 Å². The third-order valence-corrected chi connectivity index (χ3v) is 1.86. The molecule has 0 radical (unpaired) electrons. The van der Waals surface area contributed by atoms with Gasteiger partial charge in [-0.3, -0.25) is 0 Å². The van der Waals surface area contributed by atoms with Crippen LogP contribution in [0.2, 0.25) is 0 Å². The van der Waals surface area contributed by atoms with Crippen molar-refractivity contribution in [3.05, 3.63) is 0 Å². The molecule has 0 saturated heterocycles. The lowest BCUT2D eigenvalue weighted by Crippen LogP contribution is -2.38. The molecular weight excluding hydrogens is 296 g/mol. The molecule has 0 rings (SSSR count). The van der Waals surface area contributed by atoms with Crippen molar-refractivity contribution in [2.75, 3.05) is 60.7 Å². The molecule has 0 aromatic heterocycles. The van der Waals surface area contributed by atoms with Crippen molar-refractivity contribution in [3.8, 4) is 0 Å². The van der Waals surface area contributed by atoms with Gasteiger partial charge in [0.2, 0.25) is 0 Å². The lowest BCUT2D eigenvalue weighted by Gasteiger charge is -2.23. The highest BCUT2D eigenvalue weighted by Crippen LogP contribution is 1.90. The molecule has 9 heteroatoms. The summed E-state index contributed by atoms with van der Waals surface area (Å²) in [6.07, 6.45) is -1.30. The largest absolute Gasteiger partial charge is 0.549 e. The molecule has 0 saturated carbocycles. The topological polar surface area (TPSA) is 156 Å². The fourth-order valence-corrected chi connectivity index (χ4v) is 0.610. The monoisotopic (exact) mass is 328 g/mol. The first-order valence-corrected chi connectivity index (χ1v) is 6.86. The maximum Gasteiger partial charge on any atom is 0.102 e. The van der Waals surface area contributed by atoms with E-state index in [9.17, 15) is 0 Å². The predicted octanol–water partition coefficient (Wildman–Crippen LogP) is -3.88. The minimum atomic E-state index is -1.22. The number of aliphatic hydroxyl groups excluding tert-OH is 4. The molecule has 2 atom stereocenters. The first-order chi connectivity index (χ1) is 9.99. The molecule has 0 amide bonds. The van der Waals surface area contributed by atoms with Gasteiger partial charge >= 0.3 is 0 Å². The average Bonchev–Trinajstić information content (AvgIpc) is 2.43. The van der Waals surface area contributed by atoms with Crippen LogP contribution in [0.5, 0.6) is 0 Å². The van der Waals surface area contributed by atoms with Crippen LogP contribution in [0.3, 0.4) is 0 Å². The van der Waals surface area contributed by atoms with E-state index in [0.29, 0.717) is 6.61 Å². The van der Waals surface area contributed by atoms with Crippen LogP contribution in [-0.4, -0.2) is 104 Å². The summed E-state index contributed by atoms with van der Waals surface area (Å²) >= 11 is 0. The maximum atomic E-state index is 9.13. The highest BCUT2D eigenvalue weighted by atomic mass is 16.5. The van der Waals surface area contributed by atoms with Crippen molar-refractivity contribution < 1.29 is 39.5 Å². The molecule has 6 N–H and O–H groups in total. The molecule has 22 heavy (non-hydrogen) atoms. The van der Waals surface area contributed by atoms with Gasteiger partial charge in [0.1, 0.15) is 12.6 Å². The molecular formula is C13H32N2O7. The Kier molecular flexibility index (Phi) is 19.6. The molecule has 0 aliphatic carbocycles. The Morgan fingerprint density at radius 2 is 1.64 bits per heavy atom. The van der Waals surface area contributed by atoms with E-state index < -0.39 is 18.2 Å². The number of carboxylic acids is 1. The molecule has 2 unspecified atom stereocenters. The first-order valence-electron chi connectivity index (χ1n) is 6.86. The summed E-state index contributed by atoms with van der Waals surface area (Å²) < 4.78 is 5.98. The van der Waals surface area contributed by atoms with E-state index in [1.807, 2.05) is 0 Å². The molecule has 0 aromatic carbocycles. The highest BCUT2D eigenvalue weighted by molar-refractivity contribution is 5.66. The number of aliphatic hydroxyl groups is 4. The van der Waals surface area contributed by atoms with E-state index in [2.05, 4.69) is 26.9 Å². The number of hydrogen-bond donors (Lipinski definition) is 5. The second-order valence-corrected chi connectivity index (χ2v) is 5.53. The number of nitrogens with two attached hydrogens (primary N) is 1. The van der Waals surface area contributed by atoms with Gasteiger partial charge in [-0.1, -0.05) is 0 Å². The number of carbonyl (C=O) groups is 1. The van der Waals surface area contributed by atoms with Crippen LogP contribution in [-0.2, 0) is 9.53 Å². The zero-order valence-corrected chi connectivity index (χ0v) is 13.9. The summed E-state index contributed by atoms with van der Waals surface area (Å²) in [7, 11) is 6.23. The van der Waals surface area contributed by atoms with E-state index in [4.69, 9.17) is 35.1 Å². The van der Waals surface area contributed by atoms with Crippen LogP contribution in [0.15, 0.2) is 0 Å². The van der Waals surface area contributed by atoms with E-state index in [1.165, 1.54) is 6.92 Å². The number of nitrogens with zero attached hydrogens (tertiary/aromatic N) is 1. The summed E-state index contributed by atoms with van der Waals surface area (Å²) in [5.74, 6) is -1.22. The van der Waals surface area contributed by atoms with Crippen LogP contribution >= 0.6 is 0 Å². The molecule has 0 bridgehead atoms. The average molecular weight is 328 g/mol. The fourth-order valence-electron chi connectivity index (χ4n) is 0.610.